The second-order valence-corrected chi connectivity index (χ2v) is 11.5. The lowest BCUT2D eigenvalue weighted by molar-refractivity contribution is -0.118. The van der Waals surface area contributed by atoms with Gasteiger partial charge >= 0.3 is 0 Å². The normalized spacial score (nSPS) is 10.6. The summed E-state index contributed by atoms with van der Waals surface area (Å²) in [5.74, 6) is -0.882. The predicted octanol–water partition coefficient (Wildman–Crippen LogP) is 2.15. The van der Waals surface area contributed by atoms with E-state index < -0.39 is 10.8 Å². The van der Waals surface area contributed by atoms with Crippen LogP contribution in [0.1, 0.15) is 35.8 Å². The van der Waals surface area contributed by atoms with Gasteiger partial charge in [0.1, 0.15) is 17.1 Å². The summed E-state index contributed by atoms with van der Waals surface area (Å²) in [6.07, 6.45) is 9.33. The number of nitrogens with one attached hydrogen (secondary N) is 2. The number of hydrogen-bond acceptors (Lipinski definition) is 10. The molecule has 47 heavy (non-hydrogen) atoms. The number of amides is 4. The van der Waals surface area contributed by atoms with Crippen LogP contribution < -0.4 is 20.4 Å². The van der Waals surface area contributed by atoms with Gasteiger partial charge in [-0.25, -0.2) is 9.97 Å². The molecule has 4 amide bonds. The highest BCUT2D eigenvalue weighted by Gasteiger charge is 2.23. The van der Waals surface area contributed by atoms with Gasteiger partial charge in [-0.05, 0) is 24.3 Å². The first kappa shape index (κ1) is 40.1. The summed E-state index contributed by atoms with van der Waals surface area (Å²) in [5, 5.41) is 5.74. The average molecular weight is 687 g/mol. The number of carbonyl (C=O) groups is 4. The van der Waals surface area contributed by atoms with Crippen LogP contribution in [0, 0.1) is 0 Å². The molecule has 4 heterocycles. The number of rotatable bonds is 10. The third-order valence-electron chi connectivity index (χ3n) is 6.36. The molecule has 1 atom stereocenters. The second kappa shape index (κ2) is 18.9. The number of imidazole rings is 2. The minimum Gasteiger partial charge on any atom is -0.358 e. The minimum atomic E-state index is -1.62. The zero-order valence-electron chi connectivity index (χ0n) is 25.6. The fourth-order valence-electron chi connectivity index (χ4n) is 3.67. The van der Waals surface area contributed by atoms with Gasteiger partial charge < -0.3 is 29.6 Å². The van der Waals surface area contributed by atoms with E-state index in [4.69, 9.17) is 0 Å². The lowest BCUT2D eigenvalue weighted by atomic mass is 10.3. The van der Waals surface area contributed by atoms with Crippen molar-refractivity contribution in [2.45, 2.75) is 25.2 Å². The first-order valence-electron chi connectivity index (χ1n) is 13.3. The van der Waals surface area contributed by atoms with Crippen LogP contribution in [0.5, 0.6) is 0 Å². The Morgan fingerprint density at radius 1 is 0.787 bits per heavy atom. The van der Waals surface area contributed by atoms with Crippen molar-refractivity contribution in [3.8, 4) is 0 Å². The summed E-state index contributed by atoms with van der Waals surface area (Å²) in [6.45, 7) is 0. The summed E-state index contributed by atoms with van der Waals surface area (Å²) in [6, 6.07) is 7.06. The summed E-state index contributed by atoms with van der Waals surface area (Å²) >= 11 is 1.28. The highest BCUT2D eigenvalue weighted by Crippen LogP contribution is 2.20. The Morgan fingerprint density at radius 2 is 1.28 bits per heavy atom. The molecule has 1 unspecified atom stereocenters. The number of anilines is 2. The van der Waals surface area contributed by atoms with Gasteiger partial charge in [0.25, 0.3) is 11.8 Å². The number of nitrogens with zero attached hydrogens (tertiary/aromatic N) is 8. The Balaban J connectivity index is 0.000000451. The molecule has 0 spiro atoms. The van der Waals surface area contributed by atoms with Crippen LogP contribution in [-0.2, 0) is 34.5 Å². The smallest absolute Gasteiger partial charge is 0.276 e. The second-order valence-electron chi connectivity index (χ2n) is 9.25. The van der Waals surface area contributed by atoms with Gasteiger partial charge in [0.05, 0.1) is 52.7 Å². The molecule has 15 nitrogen and oxygen atoms in total. The minimum absolute atomic E-state index is 0. The van der Waals surface area contributed by atoms with E-state index in [1.165, 1.54) is 45.6 Å². The summed E-state index contributed by atoms with van der Waals surface area (Å²) in [5.41, 5.74) is 2.06. The molecular formula is C30H42N10O5S2. The third-order valence-corrected chi connectivity index (χ3v) is 8.72. The standard InChI is InChI=1S/C14H17N5O3S.C14H17N5O2S.2CH4/c1-15-12(20)9-23(22)14-17-8-11(19(14)3)13(21)18(2)10-5-4-6-16-7-10;1-15-12(20)9-22-14-17-8-11(19(14)3)13(21)18(2)10-5-4-6-16-7-10;;/h4-8H,9H2,1-3H3,(H,15,20);4-8H,9H2,1-3H3,(H,15,20);2*1H4. The maximum absolute atomic E-state index is 12.5. The number of carbonyl (C=O) groups excluding carboxylic acids is 4. The van der Waals surface area contributed by atoms with Crippen LogP contribution in [-0.4, -0.2) is 96.6 Å². The van der Waals surface area contributed by atoms with Crippen molar-refractivity contribution in [3.05, 3.63) is 72.8 Å². The third kappa shape index (κ3) is 10.3. The number of hydrogen-bond donors (Lipinski definition) is 2. The van der Waals surface area contributed by atoms with Gasteiger partial charge in [0.2, 0.25) is 11.8 Å². The van der Waals surface area contributed by atoms with Gasteiger partial charge in [0.15, 0.2) is 10.3 Å². The van der Waals surface area contributed by atoms with Crippen LogP contribution in [0.2, 0.25) is 0 Å². The van der Waals surface area contributed by atoms with Gasteiger partial charge in [-0.15, -0.1) is 0 Å². The Kier molecular flexibility index (Phi) is 16.2. The molecule has 4 aromatic heterocycles. The Bertz CT molecular complexity index is 1660. The average Bonchev–Trinajstić information content (AvgIpc) is 3.64. The molecule has 0 fully saturated rings. The van der Waals surface area contributed by atoms with E-state index in [9.17, 15) is 23.4 Å². The summed E-state index contributed by atoms with van der Waals surface area (Å²) in [7, 11) is 8.08. The SMILES string of the molecule is C.C.CNC(=O)CS(=O)c1ncc(C(=O)N(C)c2cccnc2)n1C.CNC(=O)CSc1ncc(C(=O)N(C)c2cccnc2)n1C. The van der Waals surface area contributed by atoms with E-state index in [1.807, 2.05) is 6.07 Å². The monoisotopic (exact) mass is 686 g/mol. The lowest BCUT2D eigenvalue weighted by Gasteiger charge is -2.16. The number of thioether (sulfide) groups is 1. The molecule has 0 saturated carbocycles. The maximum Gasteiger partial charge on any atom is 0.276 e. The lowest BCUT2D eigenvalue weighted by Crippen LogP contribution is -2.29. The molecule has 0 aliphatic heterocycles. The van der Waals surface area contributed by atoms with E-state index >= 15 is 0 Å². The highest BCUT2D eigenvalue weighted by molar-refractivity contribution is 7.99. The largest absolute Gasteiger partial charge is 0.358 e. The quantitative estimate of drug-likeness (QED) is 0.235. The van der Waals surface area contributed by atoms with Crippen molar-refractivity contribution in [2.24, 2.45) is 14.1 Å². The van der Waals surface area contributed by atoms with Crippen molar-refractivity contribution in [3.63, 3.8) is 0 Å². The molecule has 0 bridgehead atoms. The summed E-state index contributed by atoms with van der Waals surface area (Å²) < 4.78 is 15.3. The molecular weight excluding hydrogens is 645 g/mol. The zero-order chi connectivity index (χ0) is 33.1. The maximum atomic E-state index is 12.5. The molecule has 4 rings (SSSR count). The van der Waals surface area contributed by atoms with Crippen molar-refractivity contribution in [2.75, 3.05) is 49.5 Å². The number of aromatic nitrogens is 6. The summed E-state index contributed by atoms with van der Waals surface area (Å²) in [4.78, 5) is 66.8. The van der Waals surface area contributed by atoms with Crippen molar-refractivity contribution < 1.29 is 23.4 Å². The Morgan fingerprint density at radius 3 is 1.74 bits per heavy atom. The van der Waals surface area contributed by atoms with Crippen LogP contribution in [0.3, 0.4) is 0 Å². The van der Waals surface area contributed by atoms with Crippen LogP contribution >= 0.6 is 11.8 Å². The fourth-order valence-corrected chi connectivity index (χ4v) is 5.58. The first-order valence-corrected chi connectivity index (χ1v) is 15.6. The van der Waals surface area contributed by atoms with E-state index in [0.717, 1.165) is 0 Å². The van der Waals surface area contributed by atoms with Crippen LogP contribution in [0.4, 0.5) is 11.4 Å². The van der Waals surface area contributed by atoms with E-state index in [0.29, 0.717) is 22.2 Å². The van der Waals surface area contributed by atoms with Crippen LogP contribution in [0.25, 0.3) is 0 Å². The molecule has 17 heteroatoms. The van der Waals surface area contributed by atoms with Crippen molar-refractivity contribution >= 4 is 57.6 Å². The zero-order valence-corrected chi connectivity index (χ0v) is 27.3. The Hall–Kier alpha value is -4.90. The van der Waals surface area contributed by atoms with Gasteiger partial charge in [-0.1, -0.05) is 26.6 Å². The van der Waals surface area contributed by atoms with Crippen LogP contribution in [0.15, 0.2) is 71.8 Å². The molecule has 0 aliphatic rings. The van der Waals surface area contributed by atoms with E-state index in [1.54, 1.807) is 82.8 Å². The molecule has 4 aromatic rings. The van der Waals surface area contributed by atoms with E-state index in [2.05, 4.69) is 30.6 Å². The van der Waals surface area contributed by atoms with Gasteiger partial charge in [-0.3, -0.25) is 33.4 Å². The molecule has 0 saturated heterocycles. The highest BCUT2D eigenvalue weighted by atomic mass is 32.2. The molecule has 254 valence electrons. The van der Waals surface area contributed by atoms with Crippen molar-refractivity contribution in [1.29, 1.82) is 0 Å². The van der Waals surface area contributed by atoms with Crippen molar-refractivity contribution in [1.82, 2.24) is 39.7 Å². The van der Waals surface area contributed by atoms with Gasteiger partial charge in [-0.2, -0.15) is 0 Å². The number of pyridine rings is 2. The first-order chi connectivity index (χ1) is 21.5. The molecule has 0 aliphatic carbocycles. The molecule has 2 N–H and O–H groups in total. The Labute approximate surface area is 281 Å². The molecule has 0 aromatic carbocycles. The molecule has 0 radical (unpaired) electrons. The van der Waals surface area contributed by atoms with E-state index in [-0.39, 0.29) is 60.8 Å². The fraction of sp³-hybridized carbons (Fsp3) is 0.333. The topological polar surface area (TPSA) is 177 Å². The van der Waals surface area contributed by atoms with Gasteiger partial charge in [0, 0.05) is 54.7 Å². The predicted molar refractivity (Wildman–Crippen MR) is 184 cm³/mol.